The molecule has 8 heteroatoms. The van der Waals surface area contributed by atoms with E-state index < -0.39 is 0 Å². The van der Waals surface area contributed by atoms with E-state index in [1.807, 2.05) is 34.9 Å². The van der Waals surface area contributed by atoms with Crippen molar-refractivity contribution < 1.29 is 9.53 Å². The summed E-state index contributed by atoms with van der Waals surface area (Å²) in [4.78, 5) is 21.1. The first-order valence-electron chi connectivity index (χ1n) is 9.40. The number of ether oxygens (including phenoxy) is 1. The highest BCUT2D eigenvalue weighted by Gasteiger charge is 2.15. The highest BCUT2D eigenvalue weighted by molar-refractivity contribution is 6.30. The molecule has 0 aliphatic heterocycles. The Morgan fingerprint density at radius 3 is 2.83 bits per heavy atom. The number of aromatic nitrogens is 3. The van der Waals surface area contributed by atoms with E-state index in [4.69, 9.17) is 21.3 Å². The predicted octanol–water partition coefficient (Wildman–Crippen LogP) is 4.50. The van der Waals surface area contributed by atoms with Crippen LogP contribution in [0.2, 0.25) is 5.02 Å². The smallest absolute Gasteiger partial charge is 0.226 e. The second-order valence-electron chi connectivity index (χ2n) is 6.58. The number of benzene rings is 2. The number of hydrogen-bond acceptors (Lipinski definition) is 5. The molecule has 0 unspecified atom stereocenters. The third-order valence-corrected chi connectivity index (χ3v) is 4.80. The topological polar surface area (TPSA) is 80.6 Å². The zero-order valence-electron chi connectivity index (χ0n) is 16.3. The van der Waals surface area contributed by atoms with Crippen molar-refractivity contribution >= 4 is 34.7 Å². The number of fused-ring (bicyclic) bond motifs is 1. The number of methoxy groups -OCH3 is 1. The van der Waals surface area contributed by atoms with Crippen molar-refractivity contribution in [3.8, 4) is 17.0 Å². The van der Waals surface area contributed by atoms with Crippen LogP contribution in [0.1, 0.15) is 6.42 Å². The van der Waals surface area contributed by atoms with Crippen LogP contribution >= 0.6 is 11.6 Å². The van der Waals surface area contributed by atoms with E-state index in [1.165, 1.54) is 0 Å². The first kappa shape index (κ1) is 19.7. The summed E-state index contributed by atoms with van der Waals surface area (Å²) >= 11 is 5.88. The SMILES string of the molecule is COc1cccc(-c2nc3cnccn3c2NCCC(=O)Nc2ccc(Cl)cc2)c1. The molecule has 2 N–H and O–H groups in total. The molecule has 0 aliphatic carbocycles. The summed E-state index contributed by atoms with van der Waals surface area (Å²) in [5.74, 6) is 1.44. The lowest BCUT2D eigenvalue weighted by atomic mass is 10.1. The molecule has 2 aromatic carbocycles. The normalized spacial score (nSPS) is 10.7. The Balaban J connectivity index is 1.51. The molecule has 0 saturated heterocycles. The molecule has 1 amide bonds. The van der Waals surface area contributed by atoms with Crippen LogP contribution < -0.4 is 15.4 Å². The Labute approximate surface area is 178 Å². The summed E-state index contributed by atoms with van der Waals surface area (Å²) in [6.45, 7) is 0.437. The quantitative estimate of drug-likeness (QED) is 0.459. The molecule has 0 aliphatic rings. The lowest BCUT2D eigenvalue weighted by Gasteiger charge is -2.10. The molecule has 0 atom stereocenters. The maximum atomic E-state index is 12.3. The fourth-order valence-corrected chi connectivity index (χ4v) is 3.22. The third-order valence-electron chi connectivity index (χ3n) is 4.55. The summed E-state index contributed by atoms with van der Waals surface area (Å²) in [5, 5.41) is 6.84. The van der Waals surface area contributed by atoms with E-state index in [2.05, 4.69) is 15.6 Å². The van der Waals surface area contributed by atoms with Crippen molar-refractivity contribution in [2.24, 2.45) is 0 Å². The molecule has 4 rings (SSSR count). The predicted molar refractivity (Wildman–Crippen MR) is 118 cm³/mol. The number of anilines is 2. The number of hydrogen-bond donors (Lipinski definition) is 2. The van der Waals surface area contributed by atoms with Crippen molar-refractivity contribution in [3.63, 3.8) is 0 Å². The number of amides is 1. The van der Waals surface area contributed by atoms with Gasteiger partial charge in [-0.25, -0.2) is 4.98 Å². The standard InChI is InChI=1S/C22H20ClN5O2/c1-30-18-4-2-3-15(13-18)21-22(28-12-11-24-14-19(28)27-21)25-10-9-20(29)26-17-7-5-16(23)6-8-17/h2-8,11-14,25H,9-10H2,1H3,(H,26,29). The van der Waals surface area contributed by atoms with Gasteiger partial charge >= 0.3 is 0 Å². The Hall–Kier alpha value is -3.58. The van der Waals surface area contributed by atoms with Crippen LogP contribution in [0.3, 0.4) is 0 Å². The molecular formula is C22H20ClN5O2. The van der Waals surface area contributed by atoms with E-state index in [1.54, 1.807) is 43.8 Å². The van der Waals surface area contributed by atoms with Crippen LogP contribution in [0.25, 0.3) is 16.9 Å². The van der Waals surface area contributed by atoms with Crippen LogP contribution in [0.4, 0.5) is 11.5 Å². The van der Waals surface area contributed by atoms with Crippen molar-refractivity contribution in [1.29, 1.82) is 0 Å². The molecule has 4 aromatic rings. The van der Waals surface area contributed by atoms with Gasteiger partial charge in [-0.15, -0.1) is 0 Å². The molecule has 2 aromatic heterocycles. The molecule has 152 valence electrons. The fourth-order valence-electron chi connectivity index (χ4n) is 3.10. The van der Waals surface area contributed by atoms with Gasteiger partial charge in [-0.3, -0.25) is 14.2 Å². The maximum Gasteiger partial charge on any atom is 0.226 e. The van der Waals surface area contributed by atoms with E-state index >= 15 is 0 Å². The van der Waals surface area contributed by atoms with Gasteiger partial charge in [-0.1, -0.05) is 23.7 Å². The van der Waals surface area contributed by atoms with E-state index in [0.29, 0.717) is 29.3 Å². The molecular weight excluding hydrogens is 402 g/mol. The van der Waals surface area contributed by atoms with Gasteiger partial charge in [0.15, 0.2) is 5.65 Å². The Kier molecular flexibility index (Phi) is 5.81. The van der Waals surface area contributed by atoms with Gasteiger partial charge < -0.3 is 15.4 Å². The van der Waals surface area contributed by atoms with E-state index in [0.717, 1.165) is 22.8 Å². The lowest BCUT2D eigenvalue weighted by molar-refractivity contribution is -0.115. The zero-order chi connectivity index (χ0) is 20.9. The summed E-state index contributed by atoms with van der Waals surface area (Å²) in [6.07, 6.45) is 5.52. The number of carbonyl (C=O) groups is 1. The molecule has 30 heavy (non-hydrogen) atoms. The molecule has 0 radical (unpaired) electrons. The Bertz CT molecular complexity index is 1170. The van der Waals surface area contributed by atoms with Gasteiger partial charge in [0.1, 0.15) is 17.3 Å². The van der Waals surface area contributed by atoms with Crippen LogP contribution in [0.15, 0.2) is 67.1 Å². The number of imidazole rings is 1. The van der Waals surface area contributed by atoms with Crippen LogP contribution in [0, 0.1) is 0 Å². The minimum absolute atomic E-state index is 0.0942. The number of halogens is 1. The average Bonchev–Trinajstić information content (AvgIpc) is 3.14. The van der Waals surface area contributed by atoms with Crippen molar-refractivity contribution in [3.05, 3.63) is 72.1 Å². The first-order valence-corrected chi connectivity index (χ1v) is 9.77. The number of rotatable bonds is 7. The molecule has 7 nitrogen and oxygen atoms in total. The van der Waals surface area contributed by atoms with Gasteiger partial charge in [-0.2, -0.15) is 0 Å². The van der Waals surface area contributed by atoms with Gasteiger partial charge in [0.05, 0.1) is 13.3 Å². The summed E-state index contributed by atoms with van der Waals surface area (Å²) < 4.78 is 7.25. The molecule has 0 fully saturated rings. The van der Waals surface area contributed by atoms with Gasteiger partial charge in [-0.05, 0) is 36.4 Å². The molecule has 0 spiro atoms. The third kappa shape index (κ3) is 4.36. The van der Waals surface area contributed by atoms with Crippen LogP contribution in [0.5, 0.6) is 5.75 Å². The van der Waals surface area contributed by atoms with Gasteiger partial charge in [0.25, 0.3) is 0 Å². The molecule has 0 bridgehead atoms. The number of nitrogens with one attached hydrogen (secondary N) is 2. The monoisotopic (exact) mass is 421 g/mol. The minimum atomic E-state index is -0.0942. The Morgan fingerprint density at radius 1 is 1.20 bits per heavy atom. The van der Waals surface area contributed by atoms with E-state index in [-0.39, 0.29) is 5.91 Å². The highest BCUT2D eigenvalue weighted by atomic mass is 35.5. The van der Waals surface area contributed by atoms with Gasteiger partial charge in [0, 0.05) is 41.6 Å². The van der Waals surface area contributed by atoms with Crippen LogP contribution in [-0.4, -0.2) is 33.9 Å². The van der Waals surface area contributed by atoms with Crippen molar-refractivity contribution in [2.75, 3.05) is 24.3 Å². The summed E-state index contributed by atoms with van der Waals surface area (Å²) in [7, 11) is 1.63. The van der Waals surface area contributed by atoms with E-state index in [9.17, 15) is 4.79 Å². The zero-order valence-corrected chi connectivity index (χ0v) is 17.1. The average molecular weight is 422 g/mol. The highest BCUT2D eigenvalue weighted by Crippen LogP contribution is 2.30. The molecule has 2 heterocycles. The first-order chi connectivity index (χ1) is 14.6. The number of nitrogens with zero attached hydrogens (tertiary/aromatic N) is 3. The summed E-state index contributed by atoms with van der Waals surface area (Å²) in [5.41, 5.74) is 3.09. The largest absolute Gasteiger partial charge is 0.497 e. The molecule has 0 saturated carbocycles. The summed E-state index contributed by atoms with van der Waals surface area (Å²) in [6, 6.07) is 14.7. The second-order valence-corrected chi connectivity index (χ2v) is 7.01. The lowest BCUT2D eigenvalue weighted by Crippen LogP contribution is -2.17. The minimum Gasteiger partial charge on any atom is -0.497 e. The fraction of sp³-hybridized carbons (Fsp3) is 0.136. The van der Waals surface area contributed by atoms with Gasteiger partial charge in [0.2, 0.25) is 5.91 Å². The van der Waals surface area contributed by atoms with Crippen LogP contribution in [-0.2, 0) is 4.79 Å². The van der Waals surface area contributed by atoms with Crippen molar-refractivity contribution in [2.45, 2.75) is 6.42 Å². The second kappa shape index (κ2) is 8.84. The number of carbonyl (C=O) groups excluding carboxylic acids is 1. The Morgan fingerprint density at radius 2 is 2.03 bits per heavy atom. The maximum absolute atomic E-state index is 12.3. The van der Waals surface area contributed by atoms with Crippen molar-refractivity contribution in [1.82, 2.24) is 14.4 Å².